The van der Waals surface area contributed by atoms with Crippen LogP contribution in [0.3, 0.4) is 0 Å². The van der Waals surface area contributed by atoms with Crippen molar-refractivity contribution in [2.45, 2.75) is 5.37 Å². The van der Waals surface area contributed by atoms with Gasteiger partial charge in [-0.15, -0.1) is 11.8 Å². The summed E-state index contributed by atoms with van der Waals surface area (Å²) in [5.41, 5.74) is 1.12. The van der Waals surface area contributed by atoms with Crippen molar-refractivity contribution < 1.29 is 19.2 Å². The van der Waals surface area contributed by atoms with Crippen molar-refractivity contribution in [1.29, 1.82) is 0 Å². The van der Waals surface area contributed by atoms with Crippen LogP contribution in [0.2, 0.25) is 0 Å². The molecule has 0 aliphatic carbocycles. The molecule has 1 aromatic rings. The number of nitrogens with zero attached hydrogens (tertiary/aromatic N) is 2. The molecule has 1 N–H and O–H groups in total. The number of thioether (sulfide) groups is 1. The Morgan fingerprint density at radius 2 is 2.47 bits per heavy atom. The van der Waals surface area contributed by atoms with E-state index in [-0.39, 0.29) is 17.0 Å². The van der Waals surface area contributed by atoms with E-state index in [0.717, 1.165) is 0 Å². The second kappa shape index (κ2) is 3.49. The Bertz CT molecular complexity index is 561. The lowest BCUT2D eigenvalue weighted by Crippen LogP contribution is -2.51. The zero-order valence-electron chi connectivity index (χ0n) is 8.36. The minimum absolute atomic E-state index is 0.0299. The monoisotopic (exact) mass is 250 g/mol. The first-order valence-electron chi connectivity index (χ1n) is 4.73. The molecule has 0 unspecified atom stereocenters. The summed E-state index contributed by atoms with van der Waals surface area (Å²) in [7, 11) is 0. The molecule has 3 rings (SSSR count). The van der Waals surface area contributed by atoms with Gasteiger partial charge in [-0.2, -0.15) is 0 Å². The van der Waals surface area contributed by atoms with E-state index in [1.165, 1.54) is 28.3 Å². The first kappa shape index (κ1) is 10.2. The molecule has 86 valence electrons. The van der Waals surface area contributed by atoms with E-state index in [4.69, 9.17) is 5.11 Å². The Morgan fingerprint density at radius 3 is 3.12 bits per heavy atom. The van der Waals surface area contributed by atoms with Gasteiger partial charge in [0.2, 0.25) is 0 Å². The second-order valence-corrected chi connectivity index (χ2v) is 4.45. The first-order chi connectivity index (χ1) is 8.18. The second-order valence-electron chi connectivity index (χ2n) is 3.50. The summed E-state index contributed by atoms with van der Waals surface area (Å²) in [5.74, 6) is -1.38. The number of hydrogen-bond donors (Lipinski definition) is 1. The number of carbonyl (C=O) groups excluding carboxylic acids is 1. The minimum atomic E-state index is -1.09. The van der Waals surface area contributed by atoms with Crippen LogP contribution in [0.5, 0.6) is 0 Å². The van der Waals surface area contributed by atoms with Crippen LogP contribution in [-0.4, -0.2) is 32.4 Å². The fourth-order valence-corrected chi connectivity index (χ4v) is 2.84. The maximum absolute atomic E-state index is 11.8. The van der Waals surface area contributed by atoms with Crippen molar-refractivity contribution in [3.8, 4) is 0 Å². The van der Waals surface area contributed by atoms with Crippen LogP contribution in [-0.2, 0) is 9.59 Å². The lowest BCUT2D eigenvalue weighted by molar-refractivity contribution is -0.141. The fraction of sp³-hybridized carbons (Fsp3) is 0.100. The van der Waals surface area contributed by atoms with Gasteiger partial charge in [-0.1, -0.05) is 5.16 Å². The minimum Gasteiger partial charge on any atom is -0.477 e. The molecule has 2 aliphatic rings. The third-order valence-electron chi connectivity index (χ3n) is 2.51. The molecular weight excluding hydrogens is 244 g/mol. The quantitative estimate of drug-likeness (QED) is 0.620. The lowest BCUT2D eigenvalue weighted by atomic mass is 10.0. The molecule has 0 aromatic carbocycles. The van der Waals surface area contributed by atoms with E-state index >= 15 is 0 Å². The first-order valence-corrected chi connectivity index (χ1v) is 5.67. The van der Waals surface area contributed by atoms with Gasteiger partial charge in [0.05, 0.1) is 5.57 Å². The number of fused-ring (bicyclic) bond motifs is 1. The van der Waals surface area contributed by atoms with E-state index in [0.29, 0.717) is 11.3 Å². The summed E-state index contributed by atoms with van der Waals surface area (Å²) < 4.78 is 4.66. The van der Waals surface area contributed by atoms with Gasteiger partial charge in [-0.05, 0) is 6.08 Å². The summed E-state index contributed by atoms with van der Waals surface area (Å²) in [6.07, 6.45) is 3.02. The van der Waals surface area contributed by atoms with Crippen molar-refractivity contribution in [2.24, 2.45) is 0 Å². The van der Waals surface area contributed by atoms with Crippen LogP contribution in [0.15, 0.2) is 33.5 Å². The van der Waals surface area contributed by atoms with E-state index in [2.05, 4.69) is 9.68 Å². The Morgan fingerprint density at radius 1 is 1.65 bits per heavy atom. The molecule has 6 nitrogen and oxygen atoms in total. The van der Waals surface area contributed by atoms with E-state index in [1.54, 1.807) is 12.1 Å². The van der Waals surface area contributed by atoms with Gasteiger partial charge < -0.3 is 9.63 Å². The van der Waals surface area contributed by atoms with Crippen LogP contribution in [0.4, 0.5) is 0 Å². The molecular formula is C10H6N2O4S. The summed E-state index contributed by atoms with van der Waals surface area (Å²) >= 11 is 1.30. The summed E-state index contributed by atoms with van der Waals surface area (Å²) in [4.78, 5) is 23.9. The molecule has 1 amide bonds. The molecule has 0 bridgehead atoms. The van der Waals surface area contributed by atoms with Crippen molar-refractivity contribution in [3.05, 3.63) is 34.7 Å². The number of aromatic nitrogens is 1. The standard InChI is InChI=1S/C10H6N2O4S/c13-8-6(3-5-1-2-16-11-5)9-12(8)7(4-17-9)10(14)15/h1-4,9H,(H,14,15)/b6-3-/t9-/m1/s1. The van der Waals surface area contributed by atoms with Gasteiger partial charge in [0.25, 0.3) is 5.91 Å². The number of β-lactam (4-membered cyclic amide) rings is 1. The zero-order valence-corrected chi connectivity index (χ0v) is 9.18. The molecule has 3 heterocycles. The average molecular weight is 250 g/mol. The topological polar surface area (TPSA) is 83.6 Å². The van der Waals surface area contributed by atoms with Crippen molar-refractivity contribution in [1.82, 2.24) is 10.1 Å². The van der Waals surface area contributed by atoms with Gasteiger partial charge in [0, 0.05) is 11.5 Å². The van der Waals surface area contributed by atoms with Gasteiger partial charge in [0.1, 0.15) is 23.0 Å². The van der Waals surface area contributed by atoms with E-state index in [9.17, 15) is 9.59 Å². The average Bonchev–Trinajstić information content (AvgIpc) is 2.93. The molecule has 7 heteroatoms. The van der Waals surface area contributed by atoms with Gasteiger partial charge >= 0.3 is 5.97 Å². The number of aliphatic carboxylic acids is 1. The predicted octanol–water partition coefficient (Wildman–Crippen LogP) is 0.899. The smallest absolute Gasteiger partial charge is 0.353 e. The summed E-state index contributed by atoms with van der Waals surface area (Å²) in [6.45, 7) is 0. The van der Waals surface area contributed by atoms with Gasteiger partial charge in [0.15, 0.2) is 0 Å². The van der Waals surface area contributed by atoms with Crippen LogP contribution < -0.4 is 0 Å². The van der Waals surface area contributed by atoms with Gasteiger partial charge in [-0.3, -0.25) is 9.69 Å². The van der Waals surface area contributed by atoms with Crippen molar-refractivity contribution in [2.75, 3.05) is 0 Å². The maximum Gasteiger partial charge on any atom is 0.353 e. The predicted molar refractivity (Wildman–Crippen MR) is 58.4 cm³/mol. The Labute approximate surface area is 99.6 Å². The summed E-state index contributed by atoms with van der Waals surface area (Å²) in [5, 5.41) is 13.8. The molecule has 1 saturated heterocycles. The number of carboxylic acid groups (broad SMARTS) is 1. The number of carbonyl (C=O) groups is 2. The highest BCUT2D eigenvalue weighted by atomic mass is 32.2. The third-order valence-corrected chi connectivity index (χ3v) is 3.60. The molecule has 1 aromatic heterocycles. The third kappa shape index (κ3) is 1.39. The molecule has 0 radical (unpaired) electrons. The number of hydrogen-bond acceptors (Lipinski definition) is 5. The van der Waals surface area contributed by atoms with Crippen molar-refractivity contribution in [3.63, 3.8) is 0 Å². The van der Waals surface area contributed by atoms with Gasteiger partial charge in [-0.25, -0.2) is 4.79 Å². The van der Waals surface area contributed by atoms with Crippen LogP contribution in [0.1, 0.15) is 5.69 Å². The lowest BCUT2D eigenvalue weighted by Gasteiger charge is -2.36. The highest BCUT2D eigenvalue weighted by molar-refractivity contribution is 8.03. The SMILES string of the molecule is O=C(O)C1=CS[C@@H]2/C(=C\c3ccon3)C(=O)N12. The summed E-state index contributed by atoms with van der Waals surface area (Å²) in [6, 6.07) is 1.63. The molecule has 0 spiro atoms. The Balaban J connectivity index is 1.87. The Kier molecular flexibility index (Phi) is 2.08. The number of amides is 1. The number of rotatable bonds is 2. The maximum atomic E-state index is 11.8. The van der Waals surface area contributed by atoms with Crippen LogP contribution in [0.25, 0.3) is 6.08 Å². The highest BCUT2D eigenvalue weighted by Gasteiger charge is 2.49. The zero-order chi connectivity index (χ0) is 12.0. The Hall–Kier alpha value is -2.02. The number of carboxylic acids is 1. The largest absolute Gasteiger partial charge is 0.477 e. The van der Waals surface area contributed by atoms with Crippen molar-refractivity contribution >= 4 is 29.7 Å². The molecule has 2 aliphatic heterocycles. The molecule has 0 saturated carbocycles. The molecule has 1 atom stereocenters. The van der Waals surface area contributed by atoms with Crippen LogP contribution >= 0.6 is 11.8 Å². The highest BCUT2D eigenvalue weighted by Crippen LogP contribution is 2.44. The molecule has 1 fully saturated rings. The normalized spacial score (nSPS) is 24.6. The van der Waals surface area contributed by atoms with E-state index in [1.807, 2.05) is 0 Å². The van der Waals surface area contributed by atoms with E-state index < -0.39 is 5.97 Å². The fourth-order valence-electron chi connectivity index (χ4n) is 1.72. The molecule has 17 heavy (non-hydrogen) atoms. The van der Waals surface area contributed by atoms with Crippen LogP contribution in [0, 0.1) is 0 Å².